The van der Waals surface area contributed by atoms with Crippen LogP contribution in [0, 0.1) is 0 Å². The van der Waals surface area contributed by atoms with E-state index in [1.807, 2.05) is 11.0 Å². The van der Waals surface area contributed by atoms with E-state index in [9.17, 15) is 22.8 Å². The second-order valence-corrected chi connectivity index (χ2v) is 11.0. The van der Waals surface area contributed by atoms with Crippen LogP contribution in [0.5, 0.6) is 0 Å². The summed E-state index contributed by atoms with van der Waals surface area (Å²) in [4.78, 5) is 47.3. The van der Waals surface area contributed by atoms with Crippen molar-refractivity contribution < 1.29 is 22.8 Å². The van der Waals surface area contributed by atoms with Gasteiger partial charge in [0.1, 0.15) is 12.1 Å². The van der Waals surface area contributed by atoms with Gasteiger partial charge in [0.25, 0.3) is 11.8 Å². The van der Waals surface area contributed by atoms with Crippen molar-refractivity contribution >= 4 is 54.2 Å². The number of sulfone groups is 1. The molecule has 3 amide bonds. The Morgan fingerprint density at radius 1 is 0.970 bits per heavy atom. The van der Waals surface area contributed by atoms with Crippen LogP contribution in [0.4, 0.5) is 5.13 Å². The summed E-state index contributed by atoms with van der Waals surface area (Å²) in [6.07, 6.45) is 1.17. The van der Waals surface area contributed by atoms with Gasteiger partial charge in [-0.1, -0.05) is 29.5 Å². The third kappa shape index (κ3) is 3.76. The zero-order chi connectivity index (χ0) is 23.3. The molecule has 3 aromatic rings. The molecule has 0 unspecified atom stereocenters. The van der Waals surface area contributed by atoms with Gasteiger partial charge in [-0.2, -0.15) is 0 Å². The number of hydrogen-bond acceptors (Lipinski definition) is 8. The van der Waals surface area contributed by atoms with Crippen molar-refractivity contribution in [1.82, 2.24) is 14.8 Å². The number of piperazine rings is 1. The molecule has 0 aliphatic carbocycles. The zero-order valence-corrected chi connectivity index (χ0v) is 19.4. The number of imide groups is 1. The van der Waals surface area contributed by atoms with Crippen molar-refractivity contribution in [2.45, 2.75) is 4.90 Å². The molecule has 33 heavy (non-hydrogen) atoms. The van der Waals surface area contributed by atoms with Crippen LogP contribution in [-0.4, -0.2) is 79.9 Å². The summed E-state index contributed by atoms with van der Waals surface area (Å²) in [6.45, 7) is 1.57. The van der Waals surface area contributed by atoms with Gasteiger partial charge in [-0.3, -0.25) is 19.3 Å². The Hall–Kier alpha value is -3.31. The molecular weight excluding hydrogens is 464 g/mol. The van der Waals surface area contributed by atoms with E-state index in [1.54, 1.807) is 41.3 Å². The van der Waals surface area contributed by atoms with Crippen molar-refractivity contribution in [3.8, 4) is 0 Å². The number of carbonyl (C=O) groups excluding carboxylic acids is 3. The Morgan fingerprint density at radius 2 is 1.61 bits per heavy atom. The summed E-state index contributed by atoms with van der Waals surface area (Å²) in [5, 5.41) is 0.702. The number of thiazole rings is 1. The molecule has 2 aliphatic heterocycles. The fraction of sp³-hybridized carbons (Fsp3) is 0.273. The highest BCUT2D eigenvalue weighted by Gasteiger charge is 2.37. The highest BCUT2D eigenvalue weighted by atomic mass is 32.2. The number of para-hydroxylation sites is 1. The first kappa shape index (κ1) is 21.5. The third-order valence-corrected chi connectivity index (χ3v) is 8.05. The first-order valence-corrected chi connectivity index (χ1v) is 13.0. The number of anilines is 1. The maximum atomic E-state index is 12.8. The van der Waals surface area contributed by atoms with Gasteiger partial charge in [0.2, 0.25) is 5.91 Å². The van der Waals surface area contributed by atoms with E-state index >= 15 is 0 Å². The standard InChI is InChI=1S/C22H20N4O5S2/c1-33(30,31)17-8-4-7-16-19(17)23-22(32-16)25-11-9-24(10-12-25)18(27)13-26-20(28)14-5-2-3-6-15(14)21(26)29/h2-8H,9-13H2,1H3. The summed E-state index contributed by atoms with van der Waals surface area (Å²) in [5.74, 6) is -1.18. The van der Waals surface area contributed by atoms with Gasteiger partial charge < -0.3 is 9.80 Å². The highest BCUT2D eigenvalue weighted by Crippen LogP contribution is 2.33. The molecule has 1 fully saturated rings. The average Bonchev–Trinajstić information content (AvgIpc) is 3.34. The summed E-state index contributed by atoms with van der Waals surface area (Å²) in [7, 11) is -3.39. The summed E-state index contributed by atoms with van der Waals surface area (Å²) in [6, 6.07) is 11.7. The molecule has 5 rings (SSSR count). The molecule has 11 heteroatoms. The molecule has 0 atom stereocenters. The highest BCUT2D eigenvalue weighted by molar-refractivity contribution is 7.91. The normalized spacial score (nSPS) is 16.6. The third-order valence-electron chi connectivity index (χ3n) is 5.84. The van der Waals surface area contributed by atoms with Gasteiger partial charge in [0, 0.05) is 32.4 Å². The topological polar surface area (TPSA) is 108 Å². The molecule has 0 spiro atoms. The van der Waals surface area contributed by atoms with Gasteiger partial charge in [0.15, 0.2) is 15.0 Å². The predicted octanol–water partition coefficient (Wildman–Crippen LogP) is 1.64. The Labute approximate surface area is 194 Å². The van der Waals surface area contributed by atoms with Gasteiger partial charge >= 0.3 is 0 Å². The number of nitrogens with zero attached hydrogens (tertiary/aromatic N) is 4. The van der Waals surface area contributed by atoms with Crippen LogP contribution in [0.2, 0.25) is 0 Å². The first-order chi connectivity index (χ1) is 15.7. The van der Waals surface area contributed by atoms with Gasteiger partial charge in [-0.05, 0) is 24.3 Å². The number of benzene rings is 2. The Bertz CT molecular complexity index is 1370. The van der Waals surface area contributed by atoms with Gasteiger partial charge in [-0.15, -0.1) is 0 Å². The fourth-order valence-corrected chi connectivity index (χ4v) is 6.05. The molecule has 1 saturated heterocycles. The van der Waals surface area contributed by atoms with Gasteiger partial charge in [0.05, 0.1) is 20.7 Å². The second-order valence-electron chi connectivity index (χ2n) is 7.98. The number of aromatic nitrogens is 1. The summed E-state index contributed by atoms with van der Waals surface area (Å²) in [5.41, 5.74) is 1.11. The van der Waals surface area contributed by atoms with Crippen molar-refractivity contribution in [1.29, 1.82) is 0 Å². The fourth-order valence-electron chi connectivity index (χ4n) is 4.11. The maximum Gasteiger partial charge on any atom is 0.262 e. The Morgan fingerprint density at radius 3 is 2.21 bits per heavy atom. The average molecular weight is 485 g/mol. The maximum absolute atomic E-state index is 12.8. The number of amides is 3. The minimum Gasteiger partial charge on any atom is -0.345 e. The quantitative estimate of drug-likeness (QED) is 0.518. The van der Waals surface area contributed by atoms with Crippen molar-refractivity contribution in [2.24, 2.45) is 0 Å². The summed E-state index contributed by atoms with van der Waals surface area (Å²) < 4.78 is 24.9. The van der Waals surface area contributed by atoms with Crippen LogP contribution in [-0.2, 0) is 14.6 Å². The number of rotatable bonds is 4. The summed E-state index contributed by atoms with van der Waals surface area (Å²) >= 11 is 1.41. The molecule has 2 aliphatic rings. The molecular formula is C22H20N4O5S2. The van der Waals surface area contributed by atoms with Crippen molar-refractivity contribution in [3.05, 3.63) is 53.6 Å². The molecule has 170 valence electrons. The van der Waals surface area contributed by atoms with E-state index in [0.29, 0.717) is 48.0 Å². The number of fused-ring (bicyclic) bond motifs is 2. The van der Waals surface area contributed by atoms with Crippen LogP contribution in [0.1, 0.15) is 20.7 Å². The lowest BCUT2D eigenvalue weighted by atomic mass is 10.1. The van der Waals surface area contributed by atoms with E-state index in [-0.39, 0.29) is 17.3 Å². The van der Waals surface area contributed by atoms with Crippen molar-refractivity contribution in [2.75, 3.05) is 43.9 Å². The monoisotopic (exact) mass is 484 g/mol. The Balaban J connectivity index is 1.26. The largest absolute Gasteiger partial charge is 0.345 e. The predicted molar refractivity (Wildman–Crippen MR) is 123 cm³/mol. The molecule has 0 radical (unpaired) electrons. The number of carbonyl (C=O) groups is 3. The van der Waals surface area contributed by atoms with Crippen LogP contribution in [0.25, 0.3) is 10.2 Å². The van der Waals surface area contributed by atoms with Crippen LogP contribution in [0.15, 0.2) is 47.4 Å². The zero-order valence-electron chi connectivity index (χ0n) is 17.7. The molecule has 0 bridgehead atoms. The van der Waals surface area contributed by atoms with E-state index < -0.39 is 21.7 Å². The minimum absolute atomic E-state index is 0.206. The number of hydrogen-bond donors (Lipinski definition) is 0. The lowest BCUT2D eigenvalue weighted by Crippen LogP contribution is -2.51. The minimum atomic E-state index is -3.39. The van der Waals surface area contributed by atoms with E-state index in [0.717, 1.165) is 9.60 Å². The first-order valence-electron chi connectivity index (χ1n) is 10.3. The molecule has 3 heterocycles. The lowest BCUT2D eigenvalue weighted by molar-refractivity contribution is -0.131. The molecule has 2 aromatic carbocycles. The van der Waals surface area contributed by atoms with Crippen molar-refractivity contribution in [3.63, 3.8) is 0 Å². The van der Waals surface area contributed by atoms with E-state index in [4.69, 9.17) is 0 Å². The molecule has 9 nitrogen and oxygen atoms in total. The van der Waals surface area contributed by atoms with Crippen LogP contribution < -0.4 is 4.90 Å². The Kier molecular flexibility index (Phi) is 5.17. The van der Waals surface area contributed by atoms with Crippen LogP contribution >= 0.6 is 11.3 Å². The van der Waals surface area contributed by atoms with E-state index in [1.165, 1.54) is 17.6 Å². The SMILES string of the molecule is CS(=O)(=O)c1cccc2sc(N3CCN(C(=O)CN4C(=O)c5ccccc5C4=O)CC3)nc12. The molecule has 1 aromatic heterocycles. The molecule has 0 saturated carbocycles. The molecule has 0 N–H and O–H groups in total. The second kappa shape index (κ2) is 7.92. The van der Waals surface area contributed by atoms with Crippen LogP contribution in [0.3, 0.4) is 0 Å². The van der Waals surface area contributed by atoms with E-state index in [2.05, 4.69) is 4.98 Å². The smallest absolute Gasteiger partial charge is 0.262 e. The van der Waals surface area contributed by atoms with Gasteiger partial charge in [-0.25, -0.2) is 13.4 Å². The lowest BCUT2D eigenvalue weighted by Gasteiger charge is -2.35.